The van der Waals surface area contributed by atoms with E-state index in [-0.39, 0.29) is 17.3 Å². The molecule has 1 fully saturated rings. The number of aryl methyl sites for hydroxylation is 1. The van der Waals surface area contributed by atoms with Crippen LogP contribution in [0.25, 0.3) is 5.69 Å². The van der Waals surface area contributed by atoms with E-state index in [9.17, 15) is 14.7 Å². The average molecular weight is 409 g/mol. The van der Waals surface area contributed by atoms with Crippen molar-refractivity contribution in [3.63, 3.8) is 0 Å². The highest BCUT2D eigenvalue weighted by molar-refractivity contribution is 6.00. The minimum Gasteiger partial charge on any atom is -0.393 e. The lowest BCUT2D eigenvalue weighted by Crippen LogP contribution is -2.28. The minimum absolute atomic E-state index is 0.0639. The molecule has 1 heterocycles. The molecule has 0 aliphatic heterocycles. The summed E-state index contributed by atoms with van der Waals surface area (Å²) in [5, 5.41) is 9.80. The number of primary amides is 1. The molecule has 160 valence electrons. The van der Waals surface area contributed by atoms with Crippen LogP contribution in [0.3, 0.4) is 0 Å². The highest BCUT2D eigenvalue weighted by atomic mass is 16.3. The number of hydrogen-bond acceptors (Lipinski definition) is 3. The maximum Gasteiger partial charge on any atom is 0.248 e. The number of rotatable bonds is 4. The number of benzene rings is 1. The SMILES string of the molecule is Cc1cn(-c2ccc(C(N)=O)c(CC3CCC(O)CC3)c2)c2c1C(=O)CC(C)(C)C2. The maximum absolute atomic E-state index is 12.8. The average Bonchev–Trinajstić information content (AvgIpc) is 2.98. The molecule has 0 unspecified atom stereocenters. The summed E-state index contributed by atoms with van der Waals surface area (Å²) in [5.74, 6) is 0.254. The maximum atomic E-state index is 12.8. The van der Waals surface area contributed by atoms with E-state index in [1.54, 1.807) is 0 Å². The van der Waals surface area contributed by atoms with Crippen molar-refractivity contribution in [1.82, 2.24) is 4.57 Å². The molecular weight excluding hydrogens is 376 g/mol. The number of amides is 1. The highest BCUT2D eigenvalue weighted by Gasteiger charge is 2.35. The number of nitrogens with two attached hydrogens (primary N) is 1. The zero-order valence-electron chi connectivity index (χ0n) is 18.2. The Bertz CT molecular complexity index is 994. The molecular formula is C25H32N2O3. The second kappa shape index (κ2) is 7.69. The number of Topliss-reactive ketones (excluding diaryl/α,β-unsaturated/α-hetero) is 1. The van der Waals surface area contributed by atoms with Crippen molar-refractivity contribution in [1.29, 1.82) is 0 Å². The van der Waals surface area contributed by atoms with E-state index in [4.69, 9.17) is 5.73 Å². The summed E-state index contributed by atoms with van der Waals surface area (Å²) in [4.78, 5) is 24.8. The molecule has 30 heavy (non-hydrogen) atoms. The minimum atomic E-state index is -0.408. The fourth-order valence-electron chi connectivity index (χ4n) is 5.31. The second-order valence-corrected chi connectivity index (χ2v) is 10.0. The number of ketones is 1. The van der Waals surface area contributed by atoms with Gasteiger partial charge in [-0.1, -0.05) is 13.8 Å². The van der Waals surface area contributed by atoms with Crippen LogP contribution in [0.5, 0.6) is 0 Å². The molecule has 2 aliphatic carbocycles. The number of aliphatic hydroxyl groups excluding tert-OH is 1. The number of aromatic nitrogens is 1. The first-order valence-corrected chi connectivity index (χ1v) is 11.0. The van der Waals surface area contributed by atoms with Crippen molar-refractivity contribution in [3.8, 4) is 5.69 Å². The predicted octanol–water partition coefficient (Wildman–Crippen LogP) is 4.13. The van der Waals surface area contributed by atoms with E-state index >= 15 is 0 Å². The lowest BCUT2D eigenvalue weighted by Gasteiger charge is -2.30. The van der Waals surface area contributed by atoms with Gasteiger partial charge in [-0.05, 0) is 86.1 Å². The normalized spacial score (nSPS) is 23.3. The van der Waals surface area contributed by atoms with Gasteiger partial charge >= 0.3 is 0 Å². The zero-order valence-corrected chi connectivity index (χ0v) is 18.2. The van der Waals surface area contributed by atoms with Gasteiger partial charge in [0.05, 0.1) is 6.10 Å². The van der Waals surface area contributed by atoms with Gasteiger partial charge in [0.15, 0.2) is 5.78 Å². The first-order valence-electron chi connectivity index (χ1n) is 11.0. The molecule has 0 radical (unpaired) electrons. The fourth-order valence-corrected chi connectivity index (χ4v) is 5.31. The molecule has 5 nitrogen and oxygen atoms in total. The summed E-state index contributed by atoms with van der Waals surface area (Å²) in [6.45, 7) is 6.27. The molecule has 0 atom stereocenters. The summed E-state index contributed by atoms with van der Waals surface area (Å²) in [6.07, 6.45) is 7.61. The van der Waals surface area contributed by atoms with Gasteiger partial charge in [0, 0.05) is 35.1 Å². The number of fused-ring (bicyclic) bond motifs is 1. The molecule has 0 spiro atoms. The monoisotopic (exact) mass is 408 g/mol. The largest absolute Gasteiger partial charge is 0.393 e. The van der Waals surface area contributed by atoms with Gasteiger partial charge in [0.25, 0.3) is 0 Å². The number of carbonyl (C=O) groups is 2. The Kier molecular flexibility index (Phi) is 5.35. The highest BCUT2D eigenvalue weighted by Crippen LogP contribution is 2.38. The summed E-state index contributed by atoms with van der Waals surface area (Å²) >= 11 is 0. The first kappa shape index (κ1) is 20.9. The van der Waals surface area contributed by atoms with Crippen molar-refractivity contribution in [3.05, 3.63) is 52.3 Å². The van der Waals surface area contributed by atoms with Crippen LogP contribution in [0.2, 0.25) is 0 Å². The molecule has 1 saturated carbocycles. The lowest BCUT2D eigenvalue weighted by atomic mass is 9.75. The summed E-state index contributed by atoms with van der Waals surface area (Å²) in [6, 6.07) is 5.82. The van der Waals surface area contributed by atoms with Crippen LogP contribution < -0.4 is 5.73 Å². The molecule has 5 heteroatoms. The van der Waals surface area contributed by atoms with Gasteiger partial charge in [0.1, 0.15) is 0 Å². The summed E-state index contributed by atoms with van der Waals surface area (Å²) in [5.41, 5.74) is 11.0. The van der Waals surface area contributed by atoms with Crippen molar-refractivity contribution >= 4 is 11.7 Å². The number of nitrogens with zero attached hydrogens (tertiary/aromatic N) is 1. The molecule has 0 bridgehead atoms. The molecule has 4 rings (SSSR count). The predicted molar refractivity (Wildman–Crippen MR) is 117 cm³/mol. The smallest absolute Gasteiger partial charge is 0.248 e. The molecule has 1 aromatic heterocycles. The van der Waals surface area contributed by atoms with Gasteiger partial charge in [0.2, 0.25) is 5.91 Å². The van der Waals surface area contributed by atoms with Gasteiger partial charge in [-0.25, -0.2) is 0 Å². The quantitative estimate of drug-likeness (QED) is 0.797. The third-order valence-electron chi connectivity index (χ3n) is 6.82. The molecule has 1 aromatic carbocycles. The number of aliphatic hydroxyl groups is 1. The van der Waals surface area contributed by atoms with E-state index in [1.165, 1.54) is 0 Å². The Hall–Kier alpha value is -2.40. The first-order chi connectivity index (χ1) is 14.1. The van der Waals surface area contributed by atoms with Crippen molar-refractivity contribution < 1.29 is 14.7 Å². The molecule has 1 amide bonds. The Morgan fingerprint density at radius 1 is 1.20 bits per heavy atom. The Morgan fingerprint density at radius 2 is 1.90 bits per heavy atom. The third kappa shape index (κ3) is 3.95. The van der Waals surface area contributed by atoms with Gasteiger partial charge in [-0.3, -0.25) is 9.59 Å². The molecule has 2 aliphatic rings. The van der Waals surface area contributed by atoms with E-state index in [0.717, 1.165) is 66.6 Å². The van der Waals surface area contributed by atoms with Crippen LogP contribution in [-0.4, -0.2) is 27.5 Å². The van der Waals surface area contributed by atoms with E-state index in [0.29, 0.717) is 17.9 Å². The summed E-state index contributed by atoms with van der Waals surface area (Å²) < 4.78 is 2.13. The van der Waals surface area contributed by atoms with Crippen LogP contribution in [-0.2, 0) is 12.8 Å². The standard InChI is InChI=1S/C25H32N2O3/c1-15-14-27(21-12-25(2,3)13-22(29)23(15)21)18-6-9-20(24(26)30)17(11-18)10-16-4-7-19(28)8-5-16/h6,9,11,14,16,19,28H,4-5,7-8,10,12-13H2,1-3H3,(H2,26,30). The van der Waals surface area contributed by atoms with Crippen molar-refractivity contribution in [2.75, 3.05) is 0 Å². The van der Waals surface area contributed by atoms with Crippen molar-refractivity contribution in [2.45, 2.75) is 71.8 Å². The van der Waals surface area contributed by atoms with E-state index in [2.05, 4.69) is 24.5 Å². The van der Waals surface area contributed by atoms with Crippen LogP contribution in [0.4, 0.5) is 0 Å². The summed E-state index contributed by atoms with van der Waals surface area (Å²) in [7, 11) is 0. The van der Waals surface area contributed by atoms with E-state index in [1.807, 2.05) is 25.3 Å². The Morgan fingerprint density at radius 3 is 2.57 bits per heavy atom. The van der Waals surface area contributed by atoms with Gasteiger partial charge in [-0.2, -0.15) is 0 Å². The number of hydrogen-bond donors (Lipinski definition) is 2. The Balaban J connectivity index is 1.73. The van der Waals surface area contributed by atoms with Crippen LogP contribution in [0.15, 0.2) is 24.4 Å². The van der Waals surface area contributed by atoms with Gasteiger partial charge in [-0.15, -0.1) is 0 Å². The van der Waals surface area contributed by atoms with Crippen LogP contribution >= 0.6 is 0 Å². The fraction of sp³-hybridized carbons (Fsp3) is 0.520. The molecule has 2 aromatic rings. The van der Waals surface area contributed by atoms with Crippen molar-refractivity contribution in [2.24, 2.45) is 17.1 Å². The van der Waals surface area contributed by atoms with Crippen LogP contribution in [0, 0.1) is 18.3 Å². The van der Waals surface area contributed by atoms with E-state index < -0.39 is 5.91 Å². The Labute approximate surface area is 178 Å². The molecule has 0 saturated heterocycles. The zero-order chi connectivity index (χ0) is 21.6. The topological polar surface area (TPSA) is 85.3 Å². The lowest BCUT2D eigenvalue weighted by molar-refractivity contribution is 0.0909. The second-order valence-electron chi connectivity index (χ2n) is 10.0. The van der Waals surface area contributed by atoms with Gasteiger partial charge < -0.3 is 15.4 Å². The van der Waals surface area contributed by atoms with Crippen LogP contribution in [0.1, 0.15) is 83.5 Å². The third-order valence-corrected chi connectivity index (χ3v) is 6.82. The number of carbonyl (C=O) groups excluding carboxylic acids is 2. The molecule has 3 N–H and O–H groups in total.